The molecule has 0 saturated heterocycles. The number of aliphatic hydroxyl groups excluding tert-OH is 1. The average molecular weight is 227 g/mol. The molecule has 0 heterocycles. The van der Waals surface area contributed by atoms with Crippen LogP contribution < -0.4 is 5.32 Å². The quantitative estimate of drug-likeness (QED) is 0.719. The van der Waals surface area contributed by atoms with E-state index in [-0.39, 0.29) is 17.9 Å². The third kappa shape index (κ3) is 2.93. The van der Waals surface area contributed by atoms with Crippen molar-refractivity contribution in [1.82, 2.24) is 5.32 Å². The Hall–Kier alpha value is -1.62. The molecule has 0 radical (unpaired) electrons. The van der Waals surface area contributed by atoms with E-state index in [4.69, 9.17) is 5.11 Å². The summed E-state index contributed by atoms with van der Waals surface area (Å²) in [5.74, 6) is -1.48. The van der Waals surface area contributed by atoms with Gasteiger partial charge in [-0.05, 0) is 24.6 Å². The molecule has 0 aromatic heterocycles. The van der Waals surface area contributed by atoms with E-state index in [1.165, 1.54) is 0 Å². The zero-order valence-corrected chi connectivity index (χ0v) is 8.90. The number of phenolic OH excluding ortho intramolecular Hbond substituents is 1. The summed E-state index contributed by atoms with van der Waals surface area (Å²) in [6.45, 7) is 1.60. The van der Waals surface area contributed by atoms with Crippen LogP contribution in [0.1, 0.15) is 23.7 Å². The molecule has 1 atom stereocenters. The molecule has 1 aromatic carbocycles. The topological polar surface area (TPSA) is 69.6 Å². The molecule has 0 unspecified atom stereocenters. The molecule has 16 heavy (non-hydrogen) atoms. The molecule has 0 bridgehead atoms. The molecule has 4 nitrogen and oxygen atoms in total. The molecule has 0 aliphatic carbocycles. The van der Waals surface area contributed by atoms with E-state index in [1.807, 2.05) is 0 Å². The van der Waals surface area contributed by atoms with E-state index in [0.29, 0.717) is 6.42 Å². The molecular weight excluding hydrogens is 213 g/mol. The van der Waals surface area contributed by atoms with Crippen LogP contribution in [0.5, 0.6) is 5.75 Å². The van der Waals surface area contributed by atoms with Gasteiger partial charge in [-0.1, -0.05) is 6.92 Å². The number of benzene rings is 1. The van der Waals surface area contributed by atoms with Gasteiger partial charge in [-0.2, -0.15) is 0 Å². The van der Waals surface area contributed by atoms with Crippen molar-refractivity contribution in [3.05, 3.63) is 29.6 Å². The second-order valence-electron chi connectivity index (χ2n) is 3.42. The van der Waals surface area contributed by atoms with Crippen LogP contribution in [0, 0.1) is 5.82 Å². The Kier molecular flexibility index (Phi) is 4.25. The largest absolute Gasteiger partial charge is 0.507 e. The Labute approximate surface area is 92.7 Å². The number of halogens is 1. The van der Waals surface area contributed by atoms with Crippen molar-refractivity contribution in [2.75, 3.05) is 6.61 Å². The fourth-order valence-corrected chi connectivity index (χ4v) is 1.23. The van der Waals surface area contributed by atoms with Gasteiger partial charge in [-0.15, -0.1) is 0 Å². The molecule has 0 fully saturated rings. The van der Waals surface area contributed by atoms with Crippen molar-refractivity contribution < 1.29 is 19.4 Å². The molecule has 1 amide bonds. The molecule has 88 valence electrons. The van der Waals surface area contributed by atoms with E-state index >= 15 is 0 Å². The van der Waals surface area contributed by atoms with Gasteiger partial charge in [-0.25, -0.2) is 4.39 Å². The number of aliphatic hydroxyl groups is 1. The zero-order valence-electron chi connectivity index (χ0n) is 8.90. The van der Waals surface area contributed by atoms with E-state index in [9.17, 15) is 14.3 Å². The minimum absolute atomic E-state index is 0.132. The Balaban J connectivity index is 2.83. The third-order valence-corrected chi connectivity index (χ3v) is 2.25. The predicted octanol–water partition coefficient (Wildman–Crippen LogP) is 1.03. The average Bonchev–Trinajstić information content (AvgIpc) is 2.28. The maximum absolute atomic E-state index is 12.9. The van der Waals surface area contributed by atoms with Crippen LogP contribution >= 0.6 is 0 Å². The minimum atomic E-state index is -0.599. The number of amides is 1. The zero-order chi connectivity index (χ0) is 12.1. The summed E-state index contributed by atoms with van der Waals surface area (Å²) in [6, 6.07) is 2.74. The van der Waals surface area contributed by atoms with Gasteiger partial charge in [0.15, 0.2) is 0 Å². The van der Waals surface area contributed by atoms with Gasteiger partial charge < -0.3 is 15.5 Å². The third-order valence-electron chi connectivity index (χ3n) is 2.25. The number of aromatic hydroxyl groups is 1. The Bertz CT molecular complexity index is 377. The normalized spacial score (nSPS) is 12.2. The molecule has 0 spiro atoms. The maximum Gasteiger partial charge on any atom is 0.255 e. The first-order valence-corrected chi connectivity index (χ1v) is 4.98. The summed E-state index contributed by atoms with van der Waals surface area (Å²) in [7, 11) is 0. The lowest BCUT2D eigenvalue weighted by Crippen LogP contribution is -2.36. The lowest BCUT2D eigenvalue weighted by atomic mass is 10.1. The summed E-state index contributed by atoms with van der Waals surface area (Å²) in [5.41, 5.74) is -0.132. The fourth-order valence-electron chi connectivity index (χ4n) is 1.23. The number of rotatable bonds is 4. The van der Waals surface area contributed by atoms with Crippen LogP contribution in [0.15, 0.2) is 18.2 Å². The predicted molar refractivity (Wildman–Crippen MR) is 56.7 cm³/mol. The van der Waals surface area contributed by atoms with Crippen molar-refractivity contribution in [3.8, 4) is 5.75 Å². The first-order valence-electron chi connectivity index (χ1n) is 4.98. The highest BCUT2D eigenvalue weighted by molar-refractivity contribution is 5.96. The Morgan fingerprint density at radius 3 is 2.81 bits per heavy atom. The Morgan fingerprint density at radius 1 is 1.56 bits per heavy atom. The van der Waals surface area contributed by atoms with E-state index < -0.39 is 17.8 Å². The smallest absolute Gasteiger partial charge is 0.255 e. The molecule has 5 heteroatoms. The van der Waals surface area contributed by atoms with Gasteiger partial charge in [-0.3, -0.25) is 4.79 Å². The van der Waals surface area contributed by atoms with Crippen molar-refractivity contribution >= 4 is 5.91 Å². The SMILES string of the molecule is CC[C@H](CO)NC(=O)c1cc(F)ccc1O. The van der Waals surface area contributed by atoms with Gasteiger partial charge in [0.2, 0.25) is 0 Å². The van der Waals surface area contributed by atoms with Crippen LogP contribution in [0.3, 0.4) is 0 Å². The lowest BCUT2D eigenvalue weighted by Gasteiger charge is -2.14. The summed E-state index contributed by atoms with van der Waals surface area (Å²) < 4.78 is 12.9. The van der Waals surface area contributed by atoms with E-state index in [1.54, 1.807) is 6.92 Å². The minimum Gasteiger partial charge on any atom is -0.507 e. The van der Waals surface area contributed by atoms with Gasteiger partial charge in [0, 0.05) is 0 Å². The first kappa shape index (κ1) is 12.4. The summed E-state index contributed by atoms with van der Waals surface area (Å²) in [6.07, 6.45) is 0.554. The highest BCUT2D eigenvalue weighted by Gasteiger charge is 2.15. The Morgan fingerprint density at radius 2 is 2.25 bits per heavy atom. The van der Waals surface area contributed by atoms with E-state index in [2.05, 4.69) is 5.32 Å². The summed E-state index contributed by atoms with van der Waals surface area (Å²) in [5, 5.41) is 20.8. The molecule has 0 aliphatic rings. The van der Waals surface area contributed by atoms with Crippen molar-refractivity contribution in [2.45, 2.75) is 19.4 Å². The molecule has 1 rings (SSSR count). The molecule has 1 aromatic rings. The monoisotopic (exact) mass is 227 g/mol. The molecule has 0 aliphatic heterocycles. The van der Waals surface area contributed by atoms with Crippen LogP contribution in [-0.4, -0.2) is 28.8 Å². The van der Waals surface area contributed by atoms with Gasteiger partial charge in [0.05, 0.1) is 18.2 Å². The van der Waals surface area contributed by atoms with Crippen LogP contribution in [0.25, 0.3) is 0 Å². The number of nitrogens with one attached hydrogen (secondary N) is 1. The number of carbonyl (C=O) groups excluding carboxylic acids is 1. The van der Waals surface area contributed by atoms with Crippen LogP contribution in [0.2, 0.25) is 0 Å². The van der Waals surface area contributed by atoms with Crippen molar-refractivity contribution in [2.24, 2.45) is 0 Å². The summed E-state index contributed by atoms with van der Waals surface area (Å²) >= 11 is 0. The summed E-state index contributed by atoms with van der Waals surface area (Å²) in [4.78, 5) is 11.6. The van der Waals surface area contributed by atoms with Crippen molar-refractivity contribution in [1.29, 1.82) is 0 Å². The number of hydrogen-bond donors (Lipinski definition) is 3. The second-order valence-corrected chi connectivity index (χ2v) is 3.42. The van der Waals surface area contributed by atoms with E-state index in [0.717, 1.165) is 18.2 Å². The molecular formula is C11H14FNO3. The first-order chi connectivity index (χ1) is 7.58. The van der Waals surface area contributed by atoms with Gasteiger partial charge >= 0.3 is 0 Å². The van der Waals surface area contributed by atoms with Crippen LogP contribution in [0.4, 0.5) is 4.39 Å². The molecule has 0 saturated carbocycles. The molecule has 3 N–H and O–H groups in total. The number of carbonyl (C=O) groups is 1. The number of hydrogen-bond acceptors (Lipinski definition) is 3. The second kappa shape index (κ2) is 5.46. The highest BCUT2D eigenvalue weighted by atomic mass is 19.1. The highest BCUT2D eigenvalue weighted by Crippen LogP contribution is 2.17. The van der Waals surface area contributed by atoms with Crippen LogP contribution in [-0.2, 0) is 0 Å². The fraction of sp³-hybridized carbons (Fsp3) is 0.364. The number of phenols is 1. The van der Waals surface area contributed by atoms with Crippen molar-refractivity contribution in [3.63, 3.8) is 0 Å². The van der Waals surface area contributed by atoms with Gasteiger partial charge in [0.25, 0.3) is 5.91 Å². The van der Waals surface area contributed by atoms with Gasteiger partial charge in [0.1, 0.15) is 11.6 Å². The standard InChI is InChI=1S/C11H14FNO3/c1-2-8(6-14)13-11(16)9-5-7(12)3-4-10(9)15/h3-5,8,14-15H,2,6H2,1H3,(H,13,16)/t8-/m1/s1. The maximum atomic E-state index is 12.9. The lowest BCUT2D eigenvalue weighted by molar-refractivity contribution is 0.0911.